The van der Waals surface area contributed by atoms with Crippen molar-refractivity contribution in [2.24, 2.45) is 0 Å². The highest BCUT2D eigenvalue weighted by Crippen LogP contribution is 2.21. The second-order valence-electron chi connectivity index (χ2n) is 5.19. The van der Waals surface area contributed by atoms with Crippen molar-refractivity contribution in [3.8, 4) is 0 Å². The Morgan fingerprint density at radius 1 is 1.08 bits per heavy atom. The lowest BCUT2D eigenvalue weighted by Crippen LogP contribution is -2.54. The molecule has 6 nitrogen and oxygen atoms in total. The molecule has 6 heteroatoms. The summed E-state index contributed by atoms with van der Waals surface area (Å²) < 4.78 is 5.13. The molecule has 1 N–H and O–H groups in total. The van der Waals surface area contributed by atoms with Crippen LogP contribution in [0.2, 0.25) is 0 Å². The van der Waals surface area contributed by atoms with Crippen molar-refractivity contribution in [3.05, 3.63) is 71.7 Å². The second kappa shape index (κ2) is 6.37. The number of barbiturate groups is 1. The quantitative estimate of drug-likeness (QED) is 0.696. The van der Waals surface area contributed by atoms with Gasteiger partial charge in [-0.3, -0.25) is 14.9 Å². The number of allylic oxidation sites excluding steroid dienone is 2. The number of amides is 4. The minimum Gasteiger partial charge on any atom is -0.465 e. The molecule has 1 aromatic carbocycles. The van der Waals surface area contributed by atoms with E-state index < -0.39 is 17.8 Å². The first-order valence-corrected chi connectivity index (χ1v) is 7.24. The number of benzene rings is 1. The molecule has 2 aromatic rings. The van der Waals surface area contributed by atoms with Crippen LogP contribution >= 0.6 is 0 Å². The molecule has 1 fully saturated rings. The van der Waals surface area contributed by atoms with Crippen LogP contribution in [0.3, 0.4) is 0 Å². The van der Waals surface area contributed by atoms with Crippen molar-refractivity contribution in [1.82, 2.24) is 5.32 Å². The van der Waals surface area contributed by atoms with E-state index in [0.717, 1.165) is 10.5 Å². The van der Waals surface area contributed by atoms with Gasteiger partial charge < -0.3 is 4.42 Å². The fourth-order valence-corrected chi connectivity index (χ4v) is 2.23. The van der Waals surface area contributed by atoms with Gasteiger partial charge in [-0.05, 0) is 43.3 Å². The van der Waals surface area contributed by atoms with Crippen LogP contribution in [0.5, 0.6) is 0 Å². The standard InChI is InChI=1S/C18H14N2O4/c1-12-7-9-13(10-8-12)20-17(22)15(16(21)19-18(20)23)6-2-4-14-5-3-11-24-14/h2-11H,1H3,(H,19,21,23)/b4-2+,15-6?. The highest BCUT2D eigenvalue weighted by molar-refractivity contribution is 6.37. The second-order valence-corrected chi connectivity index (χ2v) is 5.19. The normalized spacial score (nSPS) is 17.0. The first-order chi connectivity index (χ1) is 11.6. The molecule has 0 radical (unpaired) electrons. The van der Waals surface area contributed by atoms with E-state index in [9.17, 15) is 14.4 Å². The molecule has 1 aliphatic rings. The van der Waals surface area contributed by atoms with Gasteiger partial charge in [-0.1, -0.05) is 23.8 Å². The van der Waals surface area contributed by atoms with E-state index >= 15 is 0 Å². The Hall–Kier alpha value is -3.41. The lowest BCUT2D eigenvalue weighted by molar-refractivity contribution is -0.122. The third-order valence-corrected chi connectivity index (χ3v) is 3.46. The minimum atomic E-state index is -0.763. The third-order valence-electron chi connectivity index (χ3n) is 3.46. The Morgan fingerprint density at radius 2 is 1.83 bits per heavy atom. The number of imide groups is 2. The van der Waals surface area contributed by atoms with E-state index in [2.05, 4.69) is 5.32 Å². The van der Waals surface area contributed by atoms with Crippen LogP contribution in [-0.4, -0.2) is 17.8 Å². The monoisotopic (exact) mass is 322 g/mol. The van der Waals surface area contributed by atoms with E-state index in [0.29, 0.717) is 11.4 Å². The molecule has 1 aromatic heterocycles. The zero-order chi connectivity index (χ0) is 17.1. The third kappa shape index (κ3) is 3.03. The molecule has 1 aliphatic heterocycles. The average molecular weight is 322 g/mol. The number of aryl methyl sites for hydroxylation is 1. The van der Waals surface area contributed by atoms with Gasteiger partial charge in [0.05, 0.1) is 12.0 Å². The van der Waals surface area contributed by atoms with Gasteiger partial charge in [-0.15, -0.1) is 0 Å². The number of anilines is 1. The molecule has 4 amide bonds. The van der Waals surface area contributed by atoms with Crippen LogP contribution < -0.4 is 10.2 Å². The molecule has 120 valence electrons. The Bertz CT molecular complexity index is 846. The zero-order valence-corrected chi connectivity index (χ0v) is 12.9. The summed E-state index contributed by atoms with van der Waals surface area (Å²) in [7, 11) is 0. The van der Waals surface area contributed by atoms with Gasteiger partial charge in [0.2, 0.25) is 0 Å². The van der Waals surface area contributed by atoms with E-state index in [-0.39, 0.29) is 5.57 Å². The van der Waals surface area contributed by atoms with Gasteiger partial charge in [0.25, 0.3) is 11.8 Å². The van der Waals surface area contributed by atoms with Gasteiger partial charge in [0.15, 0.2) is 0 Å². The van der Waals surface area contributed by atoms with Gasteiger partial charge in [-0.2, -0.15) is 0 Å². The summed E-state index contributed by atoms with van der Waals surface area (Å²) in [4.78, 5) is 37.4. The predicted octanol–water partition coefficient (Wildman–Crippen LogP) is 2.81. The smallest absolute Gasteiger partial charge is 0.335 e. The van der Waals surface area contributed by atoms with Crippen LogP contribution in [0.4, 0.5) is 10.5 Å². The fourth-order valence-electron chi connectivity index (χ4n) is 2.23. The Balaban J connectivity index is 1.89. The molecule has 0 spiro atoms. The molecule has 24 heavy (non-hydrogen) atoms. The number of nitrogens with one attached hydrogen (secondary N) is 1. The number of nitrogens with zero attached hydrogens (tertiary/aromatic N) is 1. The molecule has 0 saturated carbocycles. The summed E-state index contributed by atoms with van der Waals surface area (Å²) in [6.45, 7) is 1.90. The van der Waals surface area contributed by atoms with E-state index in [4.69, 9.17) is 4.42 Å². The SMILES string of the molecule is Cc1ccc(N2C(=O)NC(=O)C(=C/C=C/c3ccco3)C2=O)cc1. The molecule has 3 rings (SSSR count). The molecule has 0 bridgehead atoms. The van der Waals surface area contributed by atoms with Gasteiger partial charge >= 0.3 is 6.03 Å². The Morgan fingerprint density at radius 3 is 2.50 bits per heavy atom. The molecule has 0 atom stereocenters. The number of hydrogen-bond donors (Lipinski definition) is 1. The van der Waals surface area contributed by atoms with Crippen molar-refractivity contribution < 1.29 is 18.8 Å². The number of rotatable bonds is 3. The predicted molar refractivity (Wildman–Crippen MR) is 88.0 cm³/mol. The van der Waals surface area contributed by atoms with Crippen LogP contribution in [0, 0.1) is 6.92 Å². The number of furan rings is 1. The maximum Gasteiger partial charge on any atom is 0.335 e. The van der Waals surface area contributed by atoms with Gasteiger partial charge in [0, 0.05) is 0 Å². The van der Waals surface area contributed by atoms with Crippen molar-refractivity contribution in [1.29, 1.82) is 0 Å². The highest BCUT2D eigenvalue weighted by atomic mass is 16.3. The van der Waals surface area contributed by atoms with Crippen LogP contribution in [0.15, 0.2) is 64.8 Å². The number of carbonyl (C=O) groups is 3. The largest absolute Gasteiger partial charge is 0.465 e. The van der Waals surface area contributed by atoms with E-state index in [1.54, 1.807) is 42.5 Å². The maximum absolute atomic E-state index is 12.5. The van der Waals surface area contributed by atoms with E-state index in [1.165, 1.54) is 18.4 Å². The number of carbonyl (C=O) groups excluding carboxylic acids is 3. The summed E-state index contributed by atoms with van der Waals surface area (Å²) in [5.41, 5.74) is 1.27. The maximum atomic E-state index is 12.5. The van der Waals surface area contributed by atoms with Crippen molar-refractivity contribution in [2.75, 3.05) is 4.90 Å². The van der Waals surface area contributed by atoms with Crippen LogP contribution in [0.25, 0.3) is 6.08 Å². The molecule has 0 unspecified atom stereocenters. The summed E-state index contributed by atoms with van der Waals surface area (Å²) in [6.07, 6.45) is 6.01. The molecular weight excluding hydrogens is 308 g/mol. The number of hydrogen-bond acceptors (Lipinski definition) is 4. The summed E-state index contributed by atoms with van der Waals surface area (Å²) in [5, 5.41) is 2.17. The number of urea groups is 1. The lowest BCUT2D eigenvalue weighted by Gasteiger charge is -2.26. The topological polar surface area (TPSA) is 79.6 Å². The van der Waals surface area contributed by atoms with Crippen LogP contribution in [0.1, 0.15) is 11.3 Å². The average Bonchev–Trinajstić information content (AvgIpc) is 3.05. The molecule has 1 saturated heterocycles. The molecule has 0 aliphatic carbocycles. The highest BCUT2D eigenvalue weighted by Gasteiger charge is 2.36. The Labute approximate surface area is 138 Å². The van der Waals surface area contributed by atoms with Crippen LogP contribution in [-0.2, 0) is 9.59 Å². The molecule has 2 heterocycles. The first kappa shape index (κ1) is 15.5. The van der Waals surface area contributed by atoms with Gasteiger partial charge in [0.1, 0.15) is 11.3 Å². The minimum absolute atomic E-state index is 0.127. The summed E-state index contributed by atoms with van der Waals surface area (Å²) >= 11 is 0. The summed E-state index contributed by atoms with van der Waals surface area (Å²) in [6, 6.07) is 9.57. The van der Waals surface area contributed by atoms with Gasteiger partial charge in [-0.25, -0.2) is 9.69 Å². The fraction of sp³-hybridized carbons (Fsp3) is 0.0556. The first-order valence-electron chi connectivity index (χ1n) is 7.24. The van der Waals surface area contributed by atoms with Crippen molar-refractivity contribution >= 4 is 29.6 Å². The van der Waals surface area contributed by atoms with Crippen molar-refractivity contribution in [3.63, 3.8) is 0 Å². The lowest BCUT2D eigenvalue weighted by atomic mass is 10.1. The Kier molecular flexibility index (Phi) is 4.11. The zero-order valence-electron chi connectivity index (χ0n) is 12.9. The molecular formula is C18H14N2O4. The summed E-state index contributed by atoms with van der Waals surface area (Å²) in [5.74, 6) is -0.809. The van der Waals surface area contributed by atoms with Crippen molar-refractivity contribution in [2.45, 2.75) is 6.92 Å². The van der Waals surface area contributed by atoms with E-state index in [1.807, 2.05) is 6.92 Å².